The van der Waals surface area contributed by atoms with Crippen LogP contribution >= 0.6 is 30.8 Å². The van der Waals surface area contributed by atoms with Crippen molar-refractivity contribution in [2.45, 2.75) is 45.0 Å². The molecule has 1 aliphatic heterocycles. The number of carbonyl (C=O) groups is 2. The van der Waals surface area contributed by atoms with E-state index in [4.69, 9.17) is 40.2 Å². The topological polar surface area (TPSA) is 227 Å². The molecule has 3 heterocycles. The second-order valence-electron chi connectivity index (χ2n) is 12.7. The summed E-state index contributed by atoms with van der Waals surface area (Å²) in [7, 11) is -9.01. The number of ether oxygens (including phenoxy) is 2. The molecule has 2 aromatic heterocycles. The number of rotatable bonds is 14. The van der Waals surface area contributed by atoms with Crippen molar-refractivity contribution >= 4 is 58.6 Å². The molecule has 0 spiro atoms. The summed E-state index contributed by atoms with van der Waals surface area (Å²) >= 11 is 7.66. The van der Waals surface area contributed by atoms with Gasteiger partial charge in [0, 0.05) is 28.6 Å². The fraction of sp³-hybridized carbons (Fsp3) is 0.353. The third-order valence-electron chi connectivity index (χ3n) is 9.02. The maximum Gasteiger partial charge on any atom is 0.469 e. The van der Waals surface area contributed by atoms with Crippen LogP contribution in [-0.4, -0.2) is 65.8 Å². The predicted molar refractivity (Wildman–Crippen MR) is 194 cm³/mol. The third-order valence-corrected chi connectivity index (χ3v) is 11.2. The van der Waals surface area contributed by atoms with Gasteiger partial charge in [0.15, 0.2) is 0 Å². The van der Waals surface area contributed by atoms with E-state index in [2.05, 4.69) is 19.8 Å². The van der Waals surface area contributed by atoms with Gasteiger partial charge in [-0.2, -0.15) is 8.42 Å². The Hall–Kier alpha value is -3.61. The lowest BCUT2D eigenvalue weighted by Crippen LogP contribution is -2.28. The van der Waals surface area contributed by atoms with Crippen LogP contribution < -0.4 is 10.5 Å². The van der Waals surface area contributed by atoms with Crippen LogP contribution in [0.2, 0.25) is 5.02 Å². The molecular weight excluding hydrogens is 771 g/mol. The molecule has 0 bridgehead atoms. The number of carbonyl (C=O) groups excluding carboxylic acids is 2. The fourth-order valence-electron chi connectivity index (χ4n) is 6.57. The first-order valence-corrected chi connectivity index (χ1v) is 20.6. The molecule has 1 aliphatic carbocycles. The molecule has 0 saturated heterocycles. The monoisotopic (exact) mass is 806 g/mol. The van der Waals surface area contributed by atoms with Gasteiger partial charge in [0.05, 0.1) is 35.8 Å². The smallest absolute Gasteiger partial charge is 0.458 e. The number of esters is 1. The lowest BCUT2D eigenvalue weighted by Gasteiger charge is -2.26. The van der Waals surface area contributed by atoms with Crippen LogP contribution in [0, 0.1) is 18.8 Å². The SMILES string of the molecule is Cc1sc(C(=O)c2cncnc2NC[C@@H]2C[C@H](COS(N)(=O)=O)[C@@H](OC(=O)c3cccc(COP(=O)(O)O)c3)C2)cc1[C@@H]1OCCc2ccc(Cl)cc21. The number of nitrogens with two attached hydrogens (primary N) is 1. The molecule has 19 heteroatoms. The first-order valence-electron chi connectivity index (χ1n) is 16.4. The molecule has 0 amide bonds. The Balaban J connectivity index is 1.14. The second kappa shape index (κ2) is 16.4. The number of ketones is 1. The van der Waals surface area contributed by atoms with Crippen molar-refractivity contribution in [3.05, 3.63) is 109 Å². The molecule has 5 N–H and O–H groups in total. The molecule has 4 aromatic rings. The summed E-state index contributed by atoms with van der Waals surface area (Å²) in [6, 6.07) is 13.5. The van der Waals surface area contributed by atoms with Crippen LogP contribution in [0.3, 0.4) is 0 Å². The minimum Gasteiger partial charge on any atom is -0.458 e. The molecule has 4 atom stereocenters. The van der Waals surface area contributed by atoms with Crippen molar-refractivity contribution in [3.63, 3.8) is 0 Å². The van der Waals surface area contributed by atoms with E-state index in [1.165, 1.54) is 48.1 Å². The van der Waals surface area contributed by atoms with Crippen LogP contribution in [0.5, 0.6) is 0 Å². The summed E-state index contributed by atoms with van der Waals surface area (Å²) in [5.74, 6) is -1.43. The molecule has 0 radical (unpaired) electrons. The number of nitrogens with zero attached hydrogens (tertiary/aromatic N) is 2. The van der Waals surface area contributed by atoms with Crippen molar-refractivity contribution in [2.24, 2.45) is 17.0 Å². The van der Waals surface area contributed by atoms with E-state index in [0.29, 0.717) is 40.7 Å². The van der Waals surface area contributed by atoms with Gasteiger partial charge in [0.2, 0.25) is 5.78 Å². The van der Waals surface area contributed by atoms with Gasteiger partial charge in [-0.25, -0.2) is 24.5 Å². The highest BCUT2D eigenvalue weighted by molar-refractivity contribution is 7.84. The number of nitrogens with one attached hydrogen (secondary N) is 1. The Morgan fingerprint density at radius 2 is 1.96 bits per heavy atom. The Bertz CT molecular complexity index is 2160. The summed E-state index contributed by atoms with van der Waals surface area (Å²) in [6.45, 7) is 2.00. The molecule has 2 aromatic carbocycles. The number of aromatic nitrogens is 2. The number of halogens is 1. The van der Waals surface area contributed by atoms with E-state index in [-0.39, 0.29) is 42.1 Å². The summed E-state index contributed by atoms with van der Waals surface area (Å²) in [5.41, 5.74) is 3.69. The standard InChI is InChI=1S/C34H36ClN4O11PS2/c1-19-26(32-27-12-25(35)6-5-22(27)7-8-47-32)13-30(52-19)31(40)28-15-37-18-39-33(28)38-14-21-10-24(17-49-53(36,45)46)29(11-21)50-34(41)23-4-2-3-20(9-23)16-48-51(42,43)44/h2-6,9,12-13,15,18,21,24,29,32H,7-8,10-11,14,16-17H2,1H3,(H2,36,45,46)(H,37,38,39)(H2,42,43,44)/t21-,24-,29+,32+/m1/s1. The van der Waals surface area contributed by atoms with Crippen molar-refractivity contribution < 1.29 is 50.5 Å². The summed E-state index contributed by atoms with van der Waals surface area (Å²) in [4.78, 5) is 54.9. The van der Waals surface area contributed by atoms with Crippen molar-refractivity contribution in [2.75, 3.05) is 25.1 Å². The molecule has 15 nitrogen and oxygen atoms in total. The first kappa shape index (κ1) is 39.1. The highest BCUT2D eigenvalue weighted by Gasteiger charge is 2.38. The number of hydrogen-bond donors (Lipinski definition) is 4. The molecule has 2 aliphatic rings. The van der Waals surface area contributed by atoms with Crippen LogP contribution in [0.4, 0.5) is 5.82 Å². The highest BCUT2D eigenvalue weighted by atomic mass is 35.5. The van der Waals surface area contributed by atoms with Crippen LogP contribution in [0.1, 0.15) is 71.7 Å². The normalized spacial score (nSPS) is 20.2. The van der Waals surface area contributed by atoms with Gasteiger partial charge < -0.3 is 24.6 Å². The maximum absolute atomic E-state index is 13.9. The largest absolute Gasteiger partial charge is 0.469 e. The Morgan fingerprint density at radius 1 is 1.15 bits per heavy atom. The van der Waals surface area contributed by atoms with Gasteiger partial charge in [0.25, 0.3) is 0 Å². The molecule has 53 heavy (non-hydrogen) atoms. The Labute approximate surface area is 314 Å². The number of benzene rings is 2. The van der Waals surface area contributed by atoms with E-state index in [1.807, 2.05) is 31.2 Å². The number of aryl methyl sites for hydroxylation is 1. The molecule has 1 fully saturated rings. The minimum atomic E-state index is -4.73. The van der Waals surface area contributed by atoms with E-state index in [0.717, 1.165) is 28.0 Å². The van der Waals surface area contributed by atoms with Gasteiger partial charge in [-0.15, -0.1) is 11.3 Å². The number of fused-ring (bicyclic) bond motifs is 1. The van der Waals surface area contributed by atoms with E-state index in [9.17, 15) is 22.6 Å². The third kappa shape index (κ3) is 10.1. The van der Waals surface area contributed by atoms with Crippen molar-refractivity contribution in [3.8, 4) is 0 Å². The van der Waals surface area contributed by atoms with Crippen LogP contribution in [-0.2, 0) is 46.1 Å². The number of phosphoric acid groups is 1. The van der Waals surface area contributed by atoms with E-state index < -0.39 is 42.7 Å². The van der Waals surface area contributed by atoms with Crippen LogP contribution in [0.15, 0.2) is 61.1 Å². The zero-order valence-electron chi connectivity index (χ0n) is 28.2. The Morgan fingerprint density at radius 3 is 2.74 bits per heavy atom. The number of thiophene rings is 1. The summed E-state index contributed by atoms with van der Waals surface area (Å²) < 4.78 is 55.7. The van der Waals surface area contributed by atoms with Crippen molar-refractivity contribution in [1.82, 2.24) is 9.97 Å². The number of phosphoric ester groups is 1. The summed E-state index contributed by atoms with van der Waals surface area (Å²) in [6.07, 6.45) is 3.10. The second-order valence-corrected chi connectivity index (χ2v) is 16.9. The van der Waals surface area contributed by atoms with Gasteiger partial charge >= 0.3 is 24.1 Å². The molecule has 0 unspecified atom stereocenters. The highest BCUT2D eigenvalue weighted by Crippen LogP contribution is 2.40. The molecular formula is C34H36ClN4O11PS2. The van der Waals surface area contributed by atoms with Gasteiger partial charge in [-0.05, 0) is 84.7 Å². The zero-order chi connectivity index (χ0) is 37.9. The van der Waals surface area contributed by atoms with Crippen molar-refractivity contribution in [1.29, 1.82) is 0 Å². The minimum absolute atomic E-state index is 0.101. The fourth-order valence-corrected chi connectivity index (χ4v) is 8.43. The lowest BCUT2D eigenvalue weighted by molar-refractivity contribution is 0.0148. The zero-order valence-corrected chi connectivity index (χ0v) is 31.5. The van der Waals surface area contributed by atoms with Gasteiger partial charge in [-0.1, -0.05) is 29.8 Å². The van der Waals surface area contributed by atoms with E-state index in [1.54, 1.807) is 0 Å². The average molecular weight is 807 g/mol. The lowest BCUT2D eigenvalue weighted by atomic mass is 9.93. The summed E-state index contributed by atoms with van der Waals surface area (Å²) in [5, 5.41) is 8.91. The van der Waals surface area contributed by atoms with Crippen LogP contribution in [0.25, 0.3) is 0 Å². The molecule has 282 valence electrons. The van der Waals surface area contributed by atoms with E-state index >= 15 is 0 Å². The number of hydrogen-bond acceptors (Lipinski definition) is 13. The first-order chi connectivity index (χ1) is 25.1. The molecule has 6 rings (SSSR count). The number of anilines is 1. The average Bonchev–Trinajstić information content (AvgIpc) is 3.70. The quantitative estimate of drug-likeness (QED) is 0.0757. The Kier molecular flexibility index (Phi) is 12.1. The molecule has 1 saturated carbocycles. The maximum atomic E-state index is 13.9. The predicted octanol–water partition coefficient (Wildman–Crippen LogP) is 4.89. The van der Waals surface area contributed by atoms with Gasteiger partial charge in [-0.3, -0.25) is 13.5 Å². The van der Waals surface area contributed by atoms with Gasteiger partial charge in [0.1, 0.15) is 24.4 Å².